The predicted molar refractivity (Wildman–Crippen MR) is 110 cm³/mol. The summed E-state index contributed by atoms with van der Waals surface area (Å²) in [6.45, 7) is 7.78. The van der Waals surface area contributed by atoms with E-state index in [4.69, 9.17) is 0 Å². The van der Waals surface area contributed by atoms with Crippen LogP contribution in [0.5, 0.6) is 0 Å². The van der Waals surface area contributed by atoms with Crippen LogP contribution in [0.4, 0.5) is 0 Å². The van der Waals surface area contributed by atoms with Crippen LogP contribution < -0.4 is 10.6 Å². The second kappa shape index (κ2) is 10.6. The Morgan fingerprint density at radius 2 is 2.00 bits per heavy atom. The van der Waals surface area contributed by atoms with Crippen molar-refractivity contribution >= 4 is 41.3 Å². The van der Waals surface area contributed by atoms with Crippen molar-refractivity contribution in [1.82, 2.24) is 15.6 Å². The zero-order valence-corrected chi connectivity index (χ0v) is 17.0. The van der Waals surface area contributed by atoms with Gasteiger partial charge in [0.05, 0.1) is 23.3 Å². The summed E-state index contributed by atoms with van der Waals surface area (Å²) in [7, 11) is 0. The molecular weight excluding hydrogens is 419 g/mol. The van der Waals surface area contributed by atoms with Crippen molar-refractivity contribution < 1.29 is 0 Å². The average molecular weight is 444 g/mol. The van der Waals surface area contributed by atoms with E-state index in [2.05, 4.69) is 71.0 Å². The average Bonchev–Trinajstić information content (AvgIpc) is 3.01. The molecule has 0 spiro atoms. The molecule has 23 heavy (non-hydrogen) atoms. The van der Waals surface area contributed by atoms with E-state index < -0.39 is 0 Å². The van der Waals surface area contributed by atoms with E-state index in [-0.39, 0.29) is 30.0 Å². The van der Waals surface area contributed by atoms with Crippen molar-refractivity contribution in [2.75, 3.05) is 6.54 Å². The van der Waals surface area contributed by atoms with Crippen LogP contribution in [-0.2, 0) is 13.0 Å². The van der Waals surface area contributed by atoms with Crippen LogP contribution in [0.15, 0.2) is 40.7 Å². The topological polar surface area (TPSA) is 49.3 Å². The zero-order valence-electron chi connectivity index (χ0n) is 13.9. The standard InChI is InChI=1S/C17H24N4S.HI/c1-4-16-21-15(12-22-16)11-19-17(18-5-2)20-13(3)14-9-7-6-8-10-14;/h6-10,12-13H,4-5,11H2,1-3H3,(H2,18,19,20);1H. The third-order valence-electron chi connectivity index (χ3n) is 3.30. The lowest BCUT2D eigenvalue weighted by atomic mass is 10.1. The second-order valence-corrected chi connectivity index (χ2v) is 6.00. The van der Waals surface area contributed by atoms with Gasteiger partial charge in [-0.05, 0) is 25.8 Å². The van der Waals surface area contributed by atoms with E-state index in [0.29, 0.717) is 6.54 Å². The van der Waals surface area contributed by atoms with Crippen LogP contribution in [0.25, 0.3) is 0 Å². The van der Waals surface area contributed by atoms with Crippen LogP contribution in [0.2, 0.25) is 0 Å². The summed E-state index contributed by atoms with van der Waals surface area (Å²) in [5, 5.41) is 9.99. The van der Waals surface area contributed by atoms with Crippen LogP contribution in [0.3, 0.4) is 0 Å². The summed E-state index contributed by atoms with van der Waals surface area (Å²) >= 11 is 1.70. The highest BCUT2D eigenvalue weighted by molar-refractivity contribution is 14.0. The first-order valence-electron chi connectivity index (χ1n) is 7.76. The summed E-state index contributed by atoms with van der Waals surface area (Å²) in [5.74, 6) is 0.824. The van der Waals surface area contributed by atoms with Gasteiger partial charge in [-0.2, -0.15) is 0 Å². The number of benzene rings is 1. The third-order valence-corrected chi connectivity index (χ3v) is 4.34. The molecule has 2 N–H and O–H groups in total. The van der Waals surface area contributed by atoms with Gasteiger partial charge in [0.25, 0.3) is 0 Å². The van der Waals surface area contributed by atoms with Crippen molar-refractivity contribution in [3.05, 3.63) is 52.0 Å². The van der Waals surface area contributed by atoms with Crippen molar-refractivity contribution in [3.63, 3.8) is 0 Å². The molecule has 2 rings (SSSR count). The fraction of sp³-hybridized carbons (Fsp3) is 0.412. The maximum absolute atomic E-state index is 4.64. The number of aromatic nitrogens is 1. The highest BCUT2D eigenvalue weighted by Crippen LogP contribution is 2.12. The van der Waals surface area contributed by atoms with Crippen molar-refractivity contribution in [1.29, 1.82) is 0 Å². The van der Waals surface area contributed by atoms with Gasteiger partial charge in [-0.25, -0.2) is 9.98 Å². The minimum absolute atomic E-state index is 0. The molecule has 0 aliphatic heterocycles. The lowest BCUT2D eigenvalue weighted by Crippen LogP contribution is -2.38. The van der Waals surface area contributed by atoms with Crippen molar-refractivity contribution in [2.45, 2.75) is 39.8 Å². The molecule has 1 aromatic carbocycles. The molecule has 0 radical (unpaired) electrons. The number of aliphatic imine (C=N–C) groups is 1. The van der Waals surface area contributed by atoms with E-state index in [9.17, 15) is 0 Å². The molecule has 1 heterocycles. The number of nitrogens with zero attached hydrogens (tertiary/aromatic N) is 2. The lowest BCUT2D eigenvalue weighted by molar-refractivity contribution is 0.686. The molecule has 0 bridgehead atoms. The number of rotatable bonds is 6. The molecule has 0 fully saturated rings. The monoisotopic (exact) mass is 444 g/mol. The Hall–Kier alpha value is -1.15. The van der Waals surface area contributed by atoms with E-state index in [1.165, 1.54) is 10.6 Å². The molecule has 0 aliphatic carbocycles. The first-order valence-corrected chi connectivity index (χ1v) is 8.64. The molecule has 0 saturated heterocycles. The second-order valence-electron chi connectivity index (χ2n) is 5.06. The van der Waals surface area contributed by atoms with Crippen LogP contribution in [-0.4, -0.2) is 17.5 Å². The fourth-order valence-corrected chi connectivity index (χ4v) is 2.83. The number of nitrogens with one attached hydrogen (secondary N) is 2. The van der Waals surface area contributed by atoms with Crippen molar-refractivity contribution in [2.24, 2.45) is 4.99 Å². The molecule has 4 nitrogen and oxygen atoms in total. The fourth-order valence-electron chi connectivity index (χ4n) is 2.09. The molecule has 126 valence electrons. The van der Waals surface area contributed by atoms with E-state index >= 15 is 0 Å². The maximum atomic E-state index is 4.64. The highest BCUT2D eigenvalue weighted by atomic mass is 127. The van der Waals surface area contributed by atoms with E-state index in [1.807, 2.05) is 6.07 Å². The maximum Gasteiger partial charge on any atom is 0.192 e. The zero-order chi connectivity index (χ0) is 15.8. The molecule has 2 aromatic rings. The van der Waals surface area contributed by atoms with Gasteiger partial charge in [0.15, 0.2) is 5.96 Å². The minimum atomic E-state index is 0. The molecule has 0 amide bonds. The smallest absolute Gasteiger partial charge is 0.192 e. The SMILES string of the molecule is CCNC(=NCc1csc(CC)n1)NC(C)c1ccccc1.I. The first kappa shape index (κ1) is 19.9. The number of halogens is 1. The third kappa shape index (κ3) is 6.47. The molecule has 1 atom stereocenters. The number of thiazole rings is 1. The van der Waals surface area contributed by atoms with Gasteiger partial charge in [-0.1, -0.05) is 37.3 Å². The van der Waals surface area contributed by atoms with Gasteiger partial charge < -0.3 is 10.6 Å². The van der Waals surface area contributed by atoms with Gasteiger partial charge in [0.1, 0.15) is 0 Å². The van der Waals surface area contributed by atoms with Gasteiger partial charge in [-0.3, -0.25) is 0 Å². The summed E-state index contributed by atoms with van der Waals surface area (Å²) in [5.41, 5.74) is 2.28. The number of aryl methyl sites for hydroxylation is 1. The van der Waals surface area contributed by atoms with Crippen molar-refractivity contribution in [3.8, 4) is 0 Å². The Morgan fingerprint density at radius 3 is 2.61 bits per heavy atom. The number of hydrogen-bond acceptors (Lipinski definition) is 3. The Bertz CT molecular complexity index is 598. The Labute approximate surface area is 159 Å². The Morgan fingerprint density at radius 1 is 1.26 bits per heavy atom. The van der Waals surface area contributed by atoms with E-state index in [1.54, 1.807) is 11.3 Å². The molecule has 1 unspecified atom stereocenters. The normalized spacial score (nSPS) is 12.4. The summed E-state index contributed by atoms with van der Waals surface area (Å²) < 4.78 is 0. The van der Waals surface area contributed by atoms with E-state index in [0.717, 1.165) is 24.6 Å². The minimum Gasteiger partial charge on any atom is -0.357 e. The summed E-state index contributed by atoms with van der Waals surface area (Å²) in [6.07, 6.45) is 0.984. The largest absolute Gasteiger partial charge is 0.357 e. The lowest BCUT2D eigenvalue weighted by Gasteiger charge is -2.18. The molecule has 6 heteroatoms. The predicted octanol–water partition coefficient (Wildman–Crippen LogP) is 4.14. The number of guanidine groups is 1. The van der Waals surface area contributed by atoms with Gasteiger partial charge in [0.2, 0.25) is 0 Å². The number of hydrogen-bond donors (Lipinski definition) is 2. The van der Waals surface area contributed by atoms with Crippen LogP contribution >= 0.6 is 35.3 Å². The molecule has 1 aromatic heterocycles. The summed E-state index contributed by atoms with van der Waals surface area (Å²) in [4.78, 5) is 9.19. The Balaban J connectivity index is 0.00000264. The van der Waals surface area contributed by atoms with Crippen LogP contribution in [0.1, 0.15) is 43.1 Å². The first-order chi connectivity index (χ1) is 10.7. The quantitative estimate of drug-likeness (QED) is 0.400. The highest BCUT2D eigenvalue weighted by Gasteiger charge is 2.07. The van der Waals surface area contributed by atoms with Gasteiger partial charge in [0, 0.05) is 11.9 Å². The van der Waals surface area contributed by atoms with Crippen LogP contribution in [0, 0.1) is 0 Å². The molecular formula is C17H25IN4S. The molecule has 0 saturated carbocycles. The Kier molecular flexibility index (Phi) is 9.16. The summed E-state index contributed by atoms with van der Waals surface area (Å²) in [6, 6.07) is 10.6. The molecule has 0 aliphatic rings. The van der Waals surface area contributed by atoms with Gasteiger partial charge in [-0.15, -0.1) is 35.3 Å². The van der Waals surface area contributed by atoms with Gasteiger partial charge >= 0.3 is 0 Å².